The summed E-state index contributed by atoms with van der Waals surface area (Å²) >= 11 is 0. The third-order valence-electron chi connectivity index (χ3n) is 2.33. The minimum atomic E-state index is -0.781. The number of phenols is 1. The summed E-state index contributed by atoms with van der Waals surface area (Å²) in [5.74, 6) is 0.662. The molecule has 2 rings (SSSR count). The fourth-order valence-electron chi connectivity index (χ4n) is 1.64. The first-order valence-electron chi connectivity index (χ1n) is 4.84. The van der Waals surface area contributed by atoms with Crippen LogP contribution in [0.4, 0.5) is 5.69 Å². The fourth-order valence-corrected chi connectivity index (χ4v) is 1.64. The second kappa shape index (κ2) is 3.96. The molecule has 0 amide bonds. The maximum Gasteiger partial charge on any atom is 0.159 e. The van der Waals surface area contributed by atoms with Crippen molar-refractivity contribution < 1.29 is 14.9 Å². The first kappa shape index (κ1) is 10.1. The van der Waals surface area contributed by atoms with Gasteiger partial charge in [0.05, 0.1) is 0 Å². The number of phenolic OH excluding ortho intramolecular Hbond substituents is 1. The van der Waals surface area contributed by atoms with Crippen LogP contribution < -0.4 is 15.8 Å². The van der Waals surface area contributed by atoms with Crippen molar-refractivity contribution in [2.45, 2.75) is 12.6 Å². The van der Waals surface area contributed by atoms with Gasteiger partial charge < -0.3 is 26.0 Å². The van der Waals surface area contributed by atoms with Gasteiger partial charge in [-0.05, 0) is 24.6 Å². The topological polar surface area (TPSA) is 87.7 Å². The molecule has 15 heavy (non-hydrogen) atoms. The SMILES string of the molecule is NCCc1ccc(O)c2c1OCC(O)N2. The van der Waals surface area contributed by atoms with Gasteiger partial charge in [-0.2, -0.15) is 0 Å². The smallest absolute Gasteiger partial charge is 0.159 e. The summed E-state index contributed by atoms with van der Waals surface area (Å²) in [4.78, 5) is 0. The van der Waals surface area contributed by atoms with E-state index in [-0.39, 0.29) is 12.4 Å². The van der Waals surface area contributed by atoms with Crippen molar-refractivity contribution in [3.63, 3.8) is 0 Å². The molecule has 0 saturated carbocycles. The van der Waals surface area contributed by atoms with Gasteiger partial charge in [-0.1, -0.05) is 6.07 Å². The molecule has 82 valence electrons. The molecule has 1 unspecified atom stereocenters. The Morgan fingerprint density at radius 1 is 1.53 bits per heavy atom. The largest absolute Gasteiger partial charge is 0.506 e. The Labute approximate surface area is 87.5 Å². The minimum Gasteiger partial charge on any atom is -0.506 e. The standard InChI is InChI=1S/C10H14N2O3/c11-4-3-6-1-2-7(13)9-10(6)15-5-8(14)12-9/h1-2,8,12-14H,3-5,11H2. The van der Waals surface area contributed by atoms with E-state index in [1.807, 2.05) is 0 Å². The summed E-state index contributed by atoms with van der Waals surface area (Å²) < 4.78 is 5.37. The van der Waals surface area contributed by atoms with E-state index in [4.69, 9.17) is 10.5 Å². The van der Waals surface area contributed by atoms with Crippen molar-refractivity contribution in [2.75, 3.05) is 18.5 Å². The predicted molar refractivity (Wildman–Crippen MR) is 56.0 cm³/mol. The summed E-state index contributed by atoms with van der Waals surface area (Å²) in [6, 6.07) is 3.35. The highest BCUT2D eigenvalue weighted by molar-refractivity contribution is 5.69. The molecule has 1 aliphatic heterocycles. The van der Waals surface area contributed by atoms with Gasteiger partial charge in [0.25, 0.3) is 0 Å². The Morgan fingerprint density at radius 3 is 3.07 bits per heavy atom. The van der Waals surface area contributed by atoms with Gasteiger partial charge in [-0.25, -0.2) is 0 Å². The van der Waals surface area contributed by atoms with Crippen LogP contribution in [-0.2, 0) is 6.42 Å². The summed E-state index contributed by atoms with van der Waals surface area (Å²) in [5, 5.41) is 21.7. The molecule has 5 N–H and O–H groups in total. The number of nitrogens with two attached hydrogens (primary N) is 1. The number of anilines is 1. The van der Waals surface area contributed by atoms with Gasteiger partial charge in [0.1, 0.15) is 23.8 Å². The molecule has 0 saturated heterocycles. The molecule has 0 radical (unpaired) electrons. The molecule has 5 heteroatoms. The summed E-state index contributed by atoms with van der Waals surface area (Å²) in [5.41, 5.74) is 6.85. The van der Waals surface area contributed by atoms with Crippen LogP contribution in [-0.4, -0.2) is 29.6 Å². The first-order chi connectivity index (χ1) is 7.22. The Kier molecular flexibility index (Phi) is 2.66. The van der Waals surface area contributed by atoms with Crippen molar-refractivity contribution >= 4 is 5.69 Å². The number of hydrogen-bond acceptors (Lipinski definition) is 5. The third-order valence-corrected chi connectivity index (χ3v) is 2.33. The Bertz CT molecular complexity index is 368. The summed E-state index contributed by atoms with van der Waals surface area (Å²) in [6.07, 6.45) is -0.100. The van der Waals surface area contributed by atoms with E-state index < -0.39 is 6.23 Å². The van der Waals surface area contributed by atoms with Gasteiger partial charge in [-0.3, -0.25) is 0 Å². The van der Waals surface area contributed by atoms with Crippen LogP contribution in [0.1, 0.15) is 5.56 Å². The summed E-state index contributed by atoms with van der Waals surface area (Å²) in [7, 11) is 0. The second-order valence-electron chi connectivity index (χ2n) is 3.46. The van der Waals surface area contributed by atoms with Crippen LogP contribution in [0.5, 0.6) is 11.5 Å². The quantitative estimate of drug-likeness (QED) is 0.517. The van der Waals surface area contributed by atoms with Crippen molar-refractivity contribution in [1.29, 1.82) is 0 Å². The number of hydrogen-bond donors (Lipinski definition) is 4. The Balaban J connectivity index is 2.41. The molecule has 1 aromatic rings. The predicted octanol–water partition coefficient (Wildman–Crippen LogP) is 0.0161. The van der Waals surface area contributed by atoms with Crippen LogP contribution in [0.15, 0.2) is 12.1 Å². The molecule has 1 heterocycles. The van der Waals surface area contributed by atoms with Crippen molar-refractivity contribution in [1.82, 2.24) is 0 Å². The second-order valence-corrected chi connectivity index (χ2v) is 3.46. The molecular formula is C10H14N2O3. The maximum atomic E-state index is 9.58. The lowest BCUT2D eigenvalue weighted by Crippen LogP contribution is -2.31. The normalized spacial score (nSPS) is 18.9. The van der Waals surface area contributed by atoms with E-state index >= 15 is 0 Å². The molecule has 1 aromatic carbocycles. The van der Waals surface area contributed by atoms with E-state index in [1.165, 1.54) is 0 Å². The van der Waals surface area contributed by atoms with E-state index in [9.17, 15) is 10.2 Å². The highest BCUT2D eigenvalue weighted by Crippen LogP contribution is 2.39. The number of aliphatic hydroxyl groups excluding tert-OH is 1. The number of benzene rings is 1. The third kappa shape index (κ3) is 1.84. The fraction of sp³-hybridized carbons (Fsp3) is 0.400. The molecule has 0 aliphatic carbocycles. The number of fused-ring (bicyclic) bond motifs is 1. The average Bonchev–Trinajstić information content (AvgIpc) is 2.23. The van der Waals surface area contributed by atoms with Gasteiger partial charge in [0.2, 0.25) is 0 Å². The molecule has 0 spiro atoms. The minimum absolute atomic E-state index is 0.0736. The van der Waals surface area contributed by atoms with Gasteiger partial charge in [0, 0.05) is 0 Å². The number of aliphatic hydroxyl groups is 1. The zero-order chi connectivity index (χ0) is 10.8. The van der Waals surface area contributed by atoms with Crippen molar-refractivity contribution in [2.24, 2.45) is 5.73 Å². The van der Waals surface area contributed by atoms with Crippen LogP contribution in [0.3, 0.4) is 0 Å². The first-order valence-corrected chi connectivity index (χ1v) is 4.84. The van der Waals surface area contributed by atoms with E-state index in [2.05, 4.69) is 5.32 Å². The lowest BCUT2D eigenvalue weighted by Gasteiger charge is -2.26. The number of rotatable bonds is 2. The van der Waals surface area contributed by atoms with Gasteiger partial charge >= 0.3 is 0 Å². The lowest BCUT2D eigenvalue weighted by molar-refractivity contribution is 0.118. The number of nitrogens with one attached hydrogen (secondary N) is 1. The highest BCUT2D eigenvalue weighted by Gasteiger charge is 2.22. The van der Waals surface area contributed by atoms with Crippen LogP contribution >= 0.6 is 0 Å². The van der Waals surface area contributed by atoms with Gasteiger partial charge in [-0.15, -0.1) is 0 Å². The van der Waals surface area contributed by atoms with E-state index in [1.54, 1.807) is 12.1 Å². The number of ether oxygens (including phenoxy) is 1. The van der Waals surface area contributed by atoms with E-state index in [0.717, 1.165) is 5.56 Å². The van der Waals surface area contributed by atoms with E-state index in [0.29, 0.717) is 24.4 Å². The molecule has 1 aliphatic rings. The summed E-state index contributed by atoms with van der Waals surface area (Å²) in [6.45, 7) is 0.692. The lowest BCUT2D eigenvalue weighted by atomic mass is 10.1. The van der Waals surface area contributed by atoms with Crippen LogP contribution in [0, 0.1) is 0 Å². The van der Waals surface area contributed by atoms with Crippen molar-refractivity contribution in [3.8, 4) is 11.5 Å². The van der Waals surface area contributed by atoms with Gasteiger partial charge in [0.15, 0.2) is 6.23 Å². The zero-order valence-electron chi connectivity index (χ0n) is 8.23. The van der Waals surface area contributed by atoms with Crippen LogP contribution in [0.25, 0.3) is 0 Å². The average molecular weight is 210 g/mol. The molecule has 0 bridgehead atoms. The molecule has 1 atom stereocenters. The maximum absolute atomic E-state index is 9.58. The highest BCUT2D eigenvalue weighted by atomic mass is 16.5. The Morgan fingerprint density at radius 2 is 2.33 bits per heavy atom. The number of aromatic hydroxyl groups is 1. The monoisotopic (exact) mass is 210 g/mol. The molecule has 5 nitrogen and oxygen atoms in total. The molecule has 0 fully saturated rings. The van der Waals surface area contributed by atoms with Crippen LogP contribution in [0.2, 0.25) is 0 Å². The molecular weight excluding hydrogens is 196 g/mol. The molecule has 0 aromatic heterocycles. The zero-order valence-corrected chi connectivity index (χ0v) is 8.23. The Hall–Kier alpha value is -1.46. The van der Waals surface area contributed by atoms with Crippen molar-refractivity contribution in [3.05, 3.63) is 17.7 Å².